The van der Waals surface area contributed by atoms with Gasteiger partial charge in [0.05, 0.1) is 6.20 Å². The number of hydrogen-bond acceptors (Lipinski definition) is 2. The lowest BCUT2D eigenvalue weighted by Crippen LogP contribution is -2.38. The highest BCUT2D eigenvalue weighted by molar-refractivity contribution is 5.97. The van der Waals surface area contributed by atoms with Crippen molar-refractivity contribution in [2.45, 2.75) is 18.8 Å². The summed E-state index contributed by atoms with van der Waals surface area (Å²) in [5, 5.41) is 4.39. The van der Waals surface area contributed by atoms with Gasteiger partial charge >= 0.3 is 0 Å². The first kappa shape index (κ1) is 19.3. The molecule has 0 radical (unpaired) electrons. The van der Waals surface area contributed by atoms with Crippen molar-refractivity contribution in [3.8, 4) is 11.5 Å². The molecule has 2 aromatic heterocycles. The van der Waals surface area contributed by atoms with Crippen molar-refractivity contribution < 1.29 is 9.18 Å². The summed E-state index contributed by atoms with van der Waals surface area (Å²) in [6, 6.07) is 20.7. The number of hydrogen-bond donors (Lipinski definition) is 0. The van der Waals surface area contributed by atoms with Crippen LogP contribution < -0.4 is 0 Å². The van der Waals surface area contributed by atoms with Gasteiger partial charge in [0, 0.05) is 25.5 Å². The van der Waals surface area contributed by atoms with Gasteiger partial charge in [0.1, 0.15) is 17.1 Å². The monoisotopic (exact) mass is 414 g/mol. The van der Waals surface area contributed by atoms with E-state index in [1.807, 2.05) is 40.1 Å². The maximum atomic E-state index is 14.5. The molecule has 1 aliphatic heterocycles. The van der Waals surface area contributed by atoms with Crippen LogP contribution in [0.4, 0.5) is 4.39 Å². The molecule has 4 aromatic rings. The Labute approximate surface area is 180 Å². The standard InChI is InChI=1S/C25H23FN4O/c26-22-10-4-5-11-23(22)30-24(28-14-6-7-15-28)21(18-27-30)25(31)29-16-12-20(13-17-29)19-8-2-1-3-9-19/h1-11,14-15,18,20H,12-13,16-17H2. The topological polar surface area (TPSA) is 43.1 Å². The summed E-state index contributed by atoms with van der Waals surface area (Å²) < 4.78 is 17.8. The van der Waals surface area contributed by atoms with Gasteiger partial charge in [-0.15, -0.1) is 0 Å². The number of carbonyl (C=O) groups excluding carboxylic acids is 1. The van der Waals surface area contributed by atoms with E-state index in [1.54, 1.807) is 24.4 Å². The Hall–Kier alpha value is -3.67. The second-order valence-electron chi connectivity index (χ2n) is 7.81. The molecule has 1 aliphatic rings. The number of para-hydroxylation sites is 1. The average Bonchev–Trinajstić information content (AvgIpc) is 3.49. The van der Waals surface area contributed by atoms with E-state index in [1.165, 1.54) is 16.3 Å². The van der Waals surface area contributed by atoms with E-state index in [0.29, 0.717) is 36.1 Å². The van der Waals surface area contributed by atoms with Crippen molar-refractivity contribution in [1.29, 1.82) is 0 Å². The molecular formula is C25H23FN4O. The first-order valence-corrected chi connectivity index (χ1v) is 10.5. The van der Waals surface area contributed by atoms with Crippen molar-refractivity contribution in [3.05, 3.63) is 102 Å². The average molecular weight is 414 g/mol. The van der Waals surface area contributed by atoms with E-state index in [0.717, 1.165) is 12.8 Å². The third-order valence-electron chi connectivity index (χ3n) is 5.96. The molecule has 6 heteroatoms. The van der Waals surface area contributed by atoms with Crippen LogP contribution in [0.25, 0.3) is 11.5 Å². The molecule has 1 fully saturated rings. The third kappa shape index (κ3) is 3.65. The van der Waals surface area contributed by atoms with E-state index >= 15 is 0 Å². The normalized spacial score (nSPS) is 14.7. The number of benzene rings is 2. The molecule has 1 amide bonds. The fraction of sp³-hybridized carbons (Fsp3) is 0.200. The van der Waals surface area contributed by atoms with E-state index in [-0.39, 0.29) is 11.7 Å². The second kappa shape index (κ2) is 8.22. The van der Waals surface area contributed by atoms with Crippen LogP contribution in [0.2, 0.25) is 0 Å². The smallest absolute Gasteiger partial charge is 0.259 e. The van der Waals surface area contributed by atoms with Crippen molar-refractivity contribution in [3.63, 3.8) is 0 Å². The Morgan fingerprint density at radius 1 is 0.903 bits per heavy atom. The summed E-state index contributed by atoms with van der Waals surface area (Å²) in [4.78, 5) is 15.3. The molecule has 1 saturated heterocycles. The molecule has 0 spiro atoms. The van der Waals surface area contributed by atoms with Gasteiger partial charge in [0.2, 0.25) is 0 Å². The molecule has 5 rings (SSSR count). The summed E-state index contributed by atoms with van der Waals surface area (Å²) in [7, 11) is 0. The zero-order valence-corrected chi connectivity index (χ0v) is 17.1. The van der Waals surface area contributed by atoms with Gasteiger partial charge in [0.25, 0.3) is 5.91 Å². The fourth-order valence-electron chi connectivity index (χ4n) is 4.33. The minimum absolute atomic E-state index is 0.0715. The van der Waals surface area contributed by atoms with E-state index in [4.69, 9.17) is 0 Å². The van der Waals surface area contributed by atoms with Crippen molar-refractivity contribution in [2.75, 3.05) is 13.1 Å². The van der Waals surface area contributed by atoms with Crippen LogP contribution in [-0.4, -0.2) is 38.2 Å². The van der Waals surface area contributed by atoms with Crippen LogP contribution in [0.3, 0.4) is 0 Å². The van der Waals surface area contributed by atoms with Gasteiger partial charge in [-0.1, -0.05) is 42.5 Å². The van der Waals surface area contributed by atoms with Gasteiger partial charge in [-0.2, -0.15) is 5.10 Å². The first-order valence-electron chi connectivity index (χ1n) is 10.5. The molecule has 0 bridgehead atoms. The number of amides is 1. The van der Waals surface area contributed by atoms with Crippen molar-refractivity contribution in [2.24, 2.45) is 0 Å². The summed E-state index contributed by atoms with van der Waals surface area (Å²) in [6.07, 6.45) is 7.08. The predicted octanol–water partition coefficient (Wildman–Crippen LogP) is 4.82. The Kier molecular flexibility index (Phi) is 5.12. The number of nitrogens with zero attached hydrogens (tertiary/aromatic N) is 4. The molecule has 0 aliphatic carbocycles. The van der Waals surface area contributed by atoms with Gasteiger partial charge in [0.15, 0.2) is 5.82 Å². The SMILES string of the molecule is O=C(c1cnn(-c2ccccc2F)c1-n1cccc1)N1CCC(c2ccccc2)CC1. The quantitative estimate of drug-likeness (QED) is 0.480. The zero-order chi connectivity index (χ0) is 21.2. The first-order chi connectivity index (χ1) is 15.2. The fourth-order valence-corrected chi connectivity index (χ4v) is 4.33. The summed E-state index contributed by atoms with van der Waals surface area (Å²) in [5.74, 6) is 0.556. The minimum Gasteiger partial charge on any atom is -0.338 e. The number of rotatable bonds is 4. The molecule has 5 nitrogen and oxygen atoms in total. The van der Waals surface area contributed by atoms with Crippen LogP contribution in [0.5, 0.6) is 0 Å². The number of carbonyl (C=O) groups is 1. The van der Waals surface area contributed by atoms with Gasteiger partial charge in [-0.25, -0.2) is 9.07 Å². The van der Waals surface area contributed by atoms with E-state index < -0.39 is 0 Å². The van der Waals surface area contributed by atoms with Gasteiger partial charge < -0.3 is 9.47 Å². The highest BCUT2D eigenvalue weighted by Crippen LogP contribution is 2.30. The molecule has 2 aromatic carbocycles. The second-order valence-corrected chi connectivity index (χ2v) is 7.81. The Bertz CT molecular complexity index is 1180. The predicted molar refractivity (Wildman–Crippen MR) is 117 cm³/mol. The molecule has 0 atom stereocenters. The van der Waals surface area contributed by atoms with Crippen LogP contribution in [0.1, 0.15) is 34.7 Å². The highest BCUT2D eigenvalue weighted by Gasteiger charge is 2.28. The number of piperidine rings is 1. The molecule has 156 valence electrons. The molecule has 31 heavy (non-hydrogen) atoms. The Morgan fingerprint density at radius 2 is 1.58 bits per heavy atom. The molecule has 3 heterocycles. The van der Waals surface area contributed by atoms with Gasteiger partial charge in [-0.3, -0.25) is 4.79 Å². The van der Waals surface area contributed by atoms with Crippen LogP contribution in [0.15, 0.2) is 85.3 Å². The lowest BCUT2D eigenvalue weighted by molar-refractivity contribution is 0.0713. The van der Waals surface area contributed by atoms with Crippen LogP contribution in [0, 0.1) is 5.82 Å². The van der Waals surface area contributed by atoms with E-state index in [9.17, 15) is 9.18 Å². The van der Waals surface area contributed by atoms with Gasteiger partial charge in [-0.05, 0) is 48.6 Å². The molecular weight excluding hydrogens is 391 g/mol. The molecule has 0 saturated carbocycles. The zero-order valence-electron chi connectivity index (χ0n) is 17.1. The largest absolute Gasteiger partial charge is 0.338 e. The third-order valence-corrected chi connectivity index (χ3v) is 5.96. The maximum absolute atomic E-state index is 14.5. The van der Waals surface area contributed by atoms with Crippen LogP contribution >= 0.6 is 0 Å². The number of likely N-dealkylation sites (tertiary alicyclic amines) is 1. The lowest BCUT2D eigenvalue weighted by atomic mass is 9.89. The highest BCUT2D eigenvalue weighted by atomic mass is 19.1. The van der Waals surface area contributed by atoms with Crippen LogP contribution in [-0.2, 0) is 0 Å². The lowest BCUT2D eigenvalue weighted by Gasteiger charge is -2.32. The Morgan fingerprint density at radius 3 is 2.29 bits per heavy atom. The summed E-state index contributed by atoms with van der Waals surface area (Å²) in [6.45, 7) is 1.38. The molecule has 0 unspecified atom stereocenters. The molecule has 0 N–H and O–H groups in total. The Balaban J connectivity index is 1.44. The summed E-state index contributed by atoms with van der Waals surface area (Å²) >= 11 is 0. The minimum atomic E-state index is -0.387. The number of aromatic nitrogens is 3. The van der Waals surface area contributed by atoms with E-state index in [2.05, 4.69) is 29.4 Å². The van der Waals surface area contributed by atoms with Crippen molar-refractivity contribution >= 4 is 5.91 Å². The summed E-state index contributed by atoms with van der Waals surface area (Å²) in [5.41, 5.74) is 2.11. The number of halogens is 1. The van der Waals surface area contributed by atoms with Crippen molar-refractivity contribution in [1.82, 2.24) is 19.2 Å². The maximum Gasteiger partial charge on any atom is 0.259 e.